The van der Waals surface area contributed by atoms with Crippen molar-refractivity contribution in [3.63, 3.8) is 0 Å². The predicted octanol–water partition coefficient (Wildman–Crippen LogP) is 0.481. The van der Waals surface area contributed by atoms with Crippen LogP contribution in [-0.4, -0.2) is 42.2 Å². The normalized spacial score (nSPS) is 11.1. The van der Waals surface area contributed by atoms with Crippen LogP contribution in [0.4, 0.5) is 4.79 Å². The summed E-state index contributed by atoms with van der Waals surface area (Å²) in [6.45, 7) is 0.487. The standard InChI is InChI=1S/C15H23N5O3S2/c1-23-11-5-3-10(4-6-11)9-17-15(24)20-19-13(21)12(7-8-25-2)18-14(16)22/h3-6,12H,7-9H2,1-2H3,(H,19,21)(H3,16,18,22)(H2,17,20,24)/t12-/m1/s1. The lowest BCUT2D eigenvalue weighted by molar-refractivity contribution is -0.123. The van der Waals surface area contributed by atoms with Gasteiger partial charge in [-0.1, -0.05) is 12.1 Å². The second-order valence-corrected chi connectivity index (χ2v) is 6.38. The van der Waals surface area contributed by atoms with E-state index in [1.165, 1.54) is 0 Å². The number of hydrogen-bond donors (Lipinski definition) is 5. The van der Waals surface area contributed by atoms with Crippen LogP contribution in [0.15, 0.2) is 24.3 Å². The number of amides is 3. The SMILES string of the molecule is COc1ccc(CNC(=S)NNC(=O)[C@@H](CCSC)NC(N)=O)cc1. The molecule has 0 aromatic heterocycles. The third kappa shape index (κ3) is 8.45. The van der Waals surface area contributed by atoms with Crippen LogP contribution in [0.2, 0.25) is 0 Å². The predicted molar refractivity (Wildman–Crippen MR) is 103 cm³/mol. The zero-order chi connectivity index (χ0) is 18.7. The van der Waals surface area contributed by atoms with Gasteiger partial charge in [-0.15, -0.1) is 0 Å². The van der Waals surface area contributed by atoms with Gasteiger partial charge >= 0.3 is 6.03 Å². The average molecular weight is 386 g/mol. The van der Waals surface area contributed by atoms with Crippen LogP contribution < -0.4 is 32.0 Å². The summed E-state index contributed by atoms with van der Waals surface area (Å²) in [6.07, 6.45) is 2.37. The Kier molecular flexibility index (Phi) is 9.48. The fraction of sp³-hybridized carbons (Fsp3) is 0.400. The second kappa shape index (κ2) is 11.4. The fourth-order valence-electron chi connectivity index (χ4n) is 1.85. The van der Waals surface area contributed by atoms with E-state index in [4.69, 9.17) is 22.7 Å². The lowest BCUT2D eigenvalue weighted by Crippen LogP contribution is -2.55. The number of nitrogens with two attached hydrogens (primary N) is 1. The van der Waals surface area contributed by atoms with Crippen LogP contribution in [0.3, 0.4) is 0 Å². The largest absolute Gasteiger partial charge is 0.497 e. The molecule has 0 aliphatic rings. The summed E-state index contributed by atoms with van der Waals surface area (Å²) in [7, 11) is 1.61. The van der Waals surface area contributed by atoms with Crippen molar-refractivity contribution in [1.82, 2.24) is 21.5 Å². The number of thioether (sulfide) groups is 1. The van der Waals surface area contributed by atoms with Gasteiger partial charge in [0.25, 0.3) is 5.91 Å². The molecule has 0 unspecified atom stereocenters. The molecule has 3 amide bonds. The molecule has 0 bridgehead atoms. The summed E-state index contributed by atoms with van der Waals surface area (Å²) < 4.78 is 5.09. The first-order chi connectivity index (χ1) is 12.0. The van der Waals surface area contributed by atoms with Crippen LogP contribution in [0.25, 0.3) is 0 Å². The van der Waals surface area contributed by atoms with Crippen molar-refractivity contribution in [1.29, 1.82) is 0 Å². The van der Waals surface area contributed by atoms with Gasteiger partial charge < -0.3 is 21.1 Å². The van der Waals surface area contributed by atoms with E-state index in [0.717, 1.165) is 11.3 Å². The molecule has 0 radical (unpaired) electrons. The molecule has 0 saturated heterocycles. The molecule has 0 aliphatic heterocycles. The summed E-state index contributed by atoms with van der Waals surface area (Å²) in [5, 5.41) is 5.62. The van der Waals surface area contributed by atoms with Gasteiger partial charge in [0.1, 0.15) is 11.8 Å². The lowest BCUT2D eigenvalue weighted by Gasteiger charge is -2.18. The Hall–Kier alpha value is -2.20. The van der Waals surface area contributed by atoms with Gasteiger partial charge in [-0.05, 0) is 48.3 Å². The number of hydrogen-bond acceptors (Lipinski definition) is 5. The van der Waals surface area contributed by atoms with Crippen LogP contribution in [-0.2, 0) is 11.3 Å². The van der Waals surface area contributed by atoms with Gasteiger partial charge in [-0.3, -0.25) is 15.6 Å². The first kappa shape index (κ1) is 20.8. The smallest absolute Gasteiger partial charge is 0.312 e. The minimum Gasteiger partial charge on any atom is -0.497 e. The Morgan fingerprint density at radius 1 is 1.28 bits per heavy atom. The maximum atomic E-state index is 12.1. The van der Waals surface area contributed by atoms with E-state index in [1.807, 2.05) is 30.5 Å². The number of urea groups is 1. The maximum Gasteiger partial charge on any atom is 0.312 e. The zero-order valence-electron chi connectivity index (χ0n) is 14.1. The molecule has 1 aromatic carbocycles. The highest BCUT2D eigenvalue weighted by atomic mass is 32.2. The topological polar surface area (TPSA) is 118 Å². The maximum absolute atomic E-state index is 12.1. The summed E-state index contributed by atoms with van der Waals surface area (Å²) in [6, 6.07) is 6.04. The number of ether oxygens (including phenoxy) is 1. The van der Waals surface area contributed by atoms with Crippen molar-refractivity contribution in [3.05, 3.63) is 29.8 Å². The number of thiocarbonyl (C=S) groups is 1. The van der Waals surface area contributed by atoms with Crippen molar-refractivity contribution >= 4 is 41.0 Å². The molecule has 0 saturated carbocycles. The summed E-state index contributed by atoms with van der Waals surface area (Å²) >= 11 is 6.67. The molecule has 0 heterocycles. The van der Waals surface area contributed by atoms with Gasteiger partial charge in [0.05, 0.1) is 7.11 Å². The fourth-order valence-corrected chi connectivity index (χ4v) is 2.45. The van der Waals surface area contributed by atoms with Crippen molar-refractivity contribution < 1.29 is 14.3 Å². The Bertz CT molecular complexity index is 583. The molecule has 6 N–H and O–H groups in total. The molecule has 1 rings (SSSR count). The number of rotatable bonds is 8. The number of carbonyl (C=O) groups is 2. The second-order valence-electron chi connectivity index (χ2n) is 4.99. The molecular formula is C15H23N5O3S2. The molecule has 1 aromatic rings. The minimum atomic E-state index is -0.749. The number of hydrazine groups is 1. The minimum absolute atomic E-state index is 0.256. The van der Waals surface area contributed by atoms with Crippen molar-refractivity contribution in [2.75, 3.05) is 19.1 Å². The van der Waals surface area contributed by atoms with E-state index in [-0.39, 0.29) is 5.11 Å². The van der Waals surface area contributed by atoms with E-state index < -0.39 is 18.0 Å². The molecule has 0 aliphatic carbocycles. The Morgan fingerprint density at radius 2 is 1.96 bits per heavy atom. The van der Waals surface area contributed by atoms with Crippen LogP contribution in [0.5, 0.6) is 5.75 Å². The van der Waals surface area contributed by atoms with E-state index in [9.17, 15) is 9.59 Å². The van der Waals surface area contributed by atoms with E-state index in [1.54, 1.807) is 18.9 Å². The molecule has 138 valence electrons. The Labute approximate surface area is 156 Å². The van der Waals surface area contributed by atoms with Crippen LogP contribution in [0, 0.1) is 0 Å². The molecule has 1 atom stereocenters. The highest BCUT2D eigenvalue weighted by Crippen LogP contribution is 2.10. The molecule has 8 nitrogen and oxygen atoms in total. The summed E-state index contributed by atoms with van der Waals surface area (Å²) in [4.78, 5) is 23.1. The van der Waals surface area contributed by atoms with Crippen molar-refractivity contribution in [2.24, 2.45) is 5.73 Å². The first-order valence-electron chi connectivity index (χ1n) is 7.47. The number of methoxy groups -OCH3 is 1. The number of nitrogens with one attached hydrogen (secondary N) is 4. The Balaban J connectivity index is 2.39. The number of benzene rings is 1. The van der Waals surface area contributed by atoms with Crippen LogP contribution in [0.1, 0.15) is 12.0 Å². The quantitative estimate of drug-likeness (QED) is 0.326. The van der Waals surface area contributed by atoms with E-state index >= 15 is 0 Å². The first-order valence-corrected chi connectivity index (χ1v) is 9.28. The molecule has 10 heteroatoms. The molecule has 0 spiro atoms. The highest BCUT2D eigenvalue weighted by molar-refractivity contribution is 7.98. The number of primary amides is 1. The van der Waals surface area contributed by atoms with Gasteiger partial charge in [0.15, 0.2) is 5.11 Å². The molecule has 0 fully saturated rings. The summed E-state index contributed by atoms with van der Waals surface area (Å²) in [5.41, 5.74) is 11.2. The molecular weight excluding hydrogens is 362 g/mol. The average Bonchev–Trinajstić information content (AvgIpc) is 2.61. The van der Waals surface area contributed by atoms with Gasteiger partial charge in [0, 0.05) is 6.54 Å². The van der Waals surface area contributed by atoms with E-state index in [2.05, 4.69) is 21.5 Å². The summed E-state index contributed by atoms with van der Waals surface area (Å²) in [5.74, 6) is 1.06. The van der Waals surface area contributed by atoms with Crippen molar-refractivity contribution in [2.45, 2.75) is 19.0 Å². The third-order valence-electron chi connectivity index (χ3n) is 3.15. The lowest BCUT2D eigenvalue weighted by atomic mass is 10.2. The molecule has 25 heavy (non-hydrogen) atoms. The van der Waals surface area contributed by atoms with E-state index in [0.29, 0.717) is 18.7 Å². The van der Waals surface area contributed by atoms with Crippen molar-refractivity contribution in [3.8, 4) is 5.75 Å². The van der Waals surface area contributed by atoms with Gasteiger partial charge in [-0.25, -0.2) is 4.79 Å². The number of carbonyl (C=O) groups excluding carboxylic acids is 2. The van der Waals surface area contributed by atoms with Crippen LogP contribution >= 0.6 is 24.0 Å². The third-order valence-corrected chi connectivity index (χ3v) is 4.05. The zero-order valence-corrected chi connectivity index (χ0v) is 15.8. The Morgan fingerprint density at radius 3 is 2.52 bits per heavy atom. The van der Waals surface area contributed by atoms with Gasteiger partial charge in [-0.2, -0.15) is 11.8 Å². The highest BCUT2D eigenvalue weighted by Gasteiger charge is 2.19. The van der Waals surface area contributed by atoms with Gasteiger partial charge in [0.2, 0.25) is 0 Å². The monoisotopic (exact) mass is 385 g/mol.